The lowest BCUT2D eigenvalue weighted by Crippen LogP contribution is -2.34. The van der Waals surface area contributed by atoms with Crippen LogP contribution in [0.2, 0.25) is 0 Å². The SMILES string of the molecule is Cc1ccc(C(CN=C(N)NCCC(C)C)N(C)C)cc1. The lowest BCUT2D eigenvalue weighted by atomic mass is 10.0. The highest BCUT2D eigenvalue weighted by Gasteiger charge is 2.13. The molecule has 0 amide bonds. The Bertz CT molecular complexity index is 435. The Morgan fingerprint density at radius 3 is 2.38 bits per heavy atom. The molecule has 0 saturated carbocycles. The first-order valence-electron chi connectivity index (χ1n) is 7.67. The Labute approximate surface area is 129 Å². The van der Waals surface area contributed by atoms with Gasteiger partial charge in [-0.2, -0.15) is 0 Å². The summed E-state index contributed by atoms with van der Waals surface area (Å²) in [5, 5.41) is 3.18. The highest BCUT2D eigenvalue weighted by molar-refractivity contribution is 5.77. The molecule has 0 saturated heterocycles. The maximum Gasteiger partial charge on any atom is 0.188 e. The minimum Gasteiger partial charge on any atom is -0.370 e. The quantitative estimate of drug-likeness (QED) is 0.599. The molecule has 1 unspecified atom stereocenters. The number of likely N-dealkylation sites (N-methyl/N-ethyl adjacent to an activating group) is 1. The number of nitrogens with zero attached hydrogens (tertiary/aromatic N) is 2. The van der Waals surface area contributed by atoms with Crippen LogP contribution in [0.5, 0.6) is 0 Å². The molecule has 0 bridgehead atoms. The van der Waals surface area contributed by atoms with Crippen molar-refractivity contribution in [2.24, 2.45) is 16.6 Å². The van der Waals surface area contributed by atoms with Crippen LogP contribution in [0.1, 0.15) is 37.4 Å². The summed E-state index contributed by atoms with van der Waals surface area (Å²) in [4.78, 5) is 6.66. The molecule has 0 aliphatic heterocycles. The molecule has 118 valence electrons. The van der Waals surface area contributed by atoms with Crippen LogP contribution in [0.25, 0.3) is 0 Å². The molecular formula is C17H30N4. The van der Waals surface area contributed by atoms with Crippen LogP contribution in [-0.4, -0.2) is 38.0 Å². The van der Waals surface area contributed by atoms with E-state index < -0.39 is 0 Å². The number of aliphatic imine (C=N–C) groups is 1. The van der Waals surface area contributed by atoms with E-state index in [9.17, 15) is 0 Å². The van der Waals surface area contributed by atoms with Crippen LogP contribution in [0.15, 0.2) is 29.3 Å². The van der Waals surface area contributed by atoms with Crippen molar-refractivity contribution in [3.63, 3.8) is 0 Å². The molecular weight excluding hydrogens is 260 g/mol. The predicted molar refractivity (Wildman–Crippen MR) is 91.6 cm³/mol. The van der Waals surface area contributed by atoms with Crippen LogP contribution in [0, 0.1) is 12.8 Å². The fourth-order valence-corrected chi connectivity index (χ4v) is 2.09. The van der Waals surface area contributed by atoms with Crippen LogP contribution in [0.3, 0.4) is 0 Å². The van der Waals surface area contributed by atoms with Gasteiger partial charge in [-0.05, 0) is 38.9 Å². The second kappa shape index (κ2) is 8.67. The molecule has 0 aromatic heterocycles. The number of nitrogens with one attached hydrogen (secondary N) is 1. The number of hydrogen-bond acceptors (Lipinski definition) is 2. The third kappa shape index (κ3) is 6.63. The zero-order chi connectivity index (χ0) is 15.8. The van der Waals surface area contributed by atoms with Gasteiger partial charge in [-0.15, -0.1) is 0 Å². The Morgan fingerprint density at radius 2 is 1.86 bits per heavy atom. The summed E-state index contributed by atoms with van der Waals surface area (Å²) in [5.41, 5.74) is 8.47. The summed E-state index contributed by atoms with van der Waals surface area (Å²) < 4.78 is 0. The molecule has 1 aromatic carbocycles. The van der Waals surface area contributed by atoms with Gasteiger partial charge in [0.05, 0.1) is 12.6 Å². The lowest BCUT2D eigenvalue weighted by molar-refractivity contribution is 0.306. The fraction of sp³-hybridized carbons (Fsp3) is 0.588. The smallest absolute Gasteiger partial charge is 0.188 e. The van der Waals surface area contributed by atoms with Crippen LogP contribution < -0.4 is 11.1 Å². The van der Waals surface area contributed by atoms with Gasteiger partial charge < -0.3 is 16.0 Å². The van der Waals surface area contributed by atoms with E-state index in [4.69, 9.17) is 5.73 Å². The molecule has 4 nitrogen and oxygen atoms in total. The molecule has 1 rings (SSSR count). The standard InChI is InChI=1S/C17H30N4/c1-13(2)10-11-19-17(18)20-12-16(21(4)5)15-8-6-14(3)7-9-15/h6-9,13,16H,10-12H2,1-5H3,(H3,18,19,20). The van der Waals surface area contributed by atoms with Gasteiger partial charge in [0.15, 0.2) is 5.96 Å². The molecule has 0 aliphatic rings. The van der Waals surface area contributed by atoms with Crippen LogP contribution >= 0.6 is 0 Å². The highest BCUT2D eigenvalue weighted by atomic mass is 15.1. The van der Waals surface area contributed by atoms with E-state index in [1.54, 1.807) is 0 Å². The van der Waals surface area contributed by atoms with E-state index in [1.165, 1.54) is 11.1 Å². The maximum absolute atomic E-state index is 5.93. The Hall–Kier alpha value is -1.55. The number of rotatable bonds is 7. The van der Waals surface area contributed by atoms with Gasteiger partial charge in [0.1, 0.15) is 0 Å². The molecule has 0 radical (unpaired) electrons. The summed E-state index contributed by atoms with van der Waals surface area (Å²) in [5.74, 6) is 1.21. The molecule has 0 heterocycles. The summed E-state index contributed by atoms with van der Waals surface area (Å²) >= 11 is 0. The van der Waals surface area contributed by atoms with Gasteiger partial charge in [0, 0.05) is 6.54 Å². The van der Waals surface area contributed by atoms with E-state index in [0.29, 0.717) is 18.4 Å². The average molecular weight is 290 g/mol. The monoisotopic (exact) mass is 290 g/mol. The zero-order valence-corrected chi connectivity index (χ0v) is 14.1. The Morgan fingerprint density at radius 1 is 1.24 bits per heavy atom. The van der Waals surface area contributed by atoms with Gasteiger partial charge in [-0.25, -0.2) is 0 Å². The Kier molecular flexibility index (Phi) is 7.23. The Balaban J connectivity index is 2.60. The van der Waals surface area contributed by atoms with Crippen molar-refractivity contribution >= 4 is 5.96 Å². The molecule has 0 spiro atoms. The topological polar surface area (TPSA) is 53.6 Å². The molecule has 3 N–H and O–H groups in total. The first-order chi connectivity index (χ1) is 9.90. The van der Waals surface area contributed by atoms with Crippen molar-refractivity contribution in [1.82, 2.24) is 10.2 Å². The van der Waals surface area contributed by atoms with E-state index in [0.717, 1.165) is 13.0 Å². The number of benzene rings is 1. The lowest BCUT2D eigenvalue weighted by Gasteiger charge is -2.23. The van der Waals surface area contributed by atoms with Crippen molar-refractivity contribution in [3.05, 3.63) is 35.4 Å². The highest BCUT2D eigenvalue weighted by Crippen LogP contribution is 2.18. The van der Waals surface area contributed by atoms with Crippen molar-refractivity contribution in [2.75, 3.05) is 27.2 Å². The van der Waals surface area contributed by atoms with Crippen LogP contribution in [0.4, 0.5) is 0 Å². The number of nitrogens with two attached hydrogens (primary N) is 1. The fourth-order valence-electron chi connectivity index (χ4n) is 2.09. The van der Waals surface area contributed by atoms with E-state index in [1.807, 2.05) is 0 Å². The number of aryl methyl sites for hydroxylation is 1. The molecule has 4 heteroatoms. The van der Waals surface area contributed by atoms with E-state index >= 15 is 0 Å². The van der Waals surface area contributed by atoms with Crippen LogP contribution in [-0.2, 0) is 0 Å². The third-order valence-electron chi connectivity index (χ3n) is 3.55. The summed E-state index contributed by atoms with van der Waals surface area (Å²) in [6, 6.07) is 8.85. The van der Waals surface area contributed by atoms with Gasteiger partial charge >= 0.3 is 0 Å². The van der Waals surface area contributed by atoms with E-state index in [2.05, 4.69) is 74.3 Å². The number of hydrogen-bond donors (Lipinski definition) is 2. The third-order valence-corrected chi connectivity index (χ3v) is 3.55. The largest absolute Gasteiger partial charge is 0.370 e. The van der Waals surface area contributed by atoms with Gasteiger partial charge in [0.25, 0.3) is 0 Å². The minimum atomic E-state index is 0.246. The summed E-state index contributed by atoms with van der Waals surface area (Å²) in [6.07, 6.45) is 1.10. The first kappa shape index (κ1) is 17.5. The maximum atomic E-state index is 5.93. The average Bonchev–Trinajstić information content (AvgIpc) is 2.40. The molecule has 0 fully saturated rings. The second-order valence-corrected chi connectivity index (χ2v) is 6.23. The minimum absolute atomic E-state index is 0.246. The van der Waals surface area contributed by atoms with Crippen molar-refractivity contribution in [2.45, 2.75) is 33.2 Å². The molecule has 0 aliphatic carbocycles. The van der Waals surface area contributed by atoms with Crippen molar-refractivity contribution < 1.29 is 0 Å². The van der Waals surface area contributed by atoms with Crippen molar-refractivity contribution in [3.8, 4) is 0 Å². The normalized spacial score (nSPS) is 13.8. The summed E-state index contributed by atoms with van der Waals surface area (Å²) in [6.45, 7) is 8.05. The van der Waals surface area contributed by atoms with Gasteiger partial charge in [-0.1, -0.05) is 43.7 Å². The zero-order valence-electron chi connectivity index (χ0n) is 14.1. The predicted octanol–water partition coefficient (Wildman–Crippen LogP) is 2.55. The molecule has 1 atom stereocenters. The first-order valence-corrected chi connectivity index (χ1v) is 7.67. The second-order valence-electron chi connectivity index (χ2n) is 6.23. The van der Waals surface area contributed by atoms with Gasteiger partial charge in [0.2, 0.25) is 0 Å². The van der Waals surface area contributed by atoms with E-state index in [-0.39, 0.29) is 6.04 Å². The molecule has 21 heavy (non-hydrogen) atoms. The summed E-state index contributed by atoms with van der Waals surface area (Å²) in [7, 11) is 4.14. The number of guanidine groups is 1. The van der Waals surface area contributed by atoms with Gasteiger partial charge in [-0.3, -0.25) is 4.99 Å². The van der Waals surface area contributed by atoms with Crippen molar-refractivity contribution in [1.29, 1.82) is 0 Å². The molecule has 1 aromatic rings.